The zero-order valence-corrected chi connectivity index (χ0v) is 10.4. The van der Waals surface area contributed by atoms with Gasteiger partial charge in [-0.05, 0) is 51.9 Å². The molecule has 0 bridgehead atoms. The fourth-order valence-electron chi connectivity index (χ4n) is 2.74. The highest BCUT2D eigenvalue weighted by atomic mass is 16.5. The van der Waals surface area contributed by atoms with Crippen LogP contribution in [-0.4, -0.2) is 36.1 Å². The van der Waals surface area contributed by atoms with Crippen LogP contribution in [-0.2, 0) is 9.47 Å². The van der Waals surface area contributed by atoms with E-state index in [-0.39, 0.29) is 17.8 Å². The Labute approximate surface area is 98.1 Å². The predicted octanol–water partition coefficient (Wildman–Crippen LogP) is 2.12. The molecule has 0 aromatic carbocycles. The Morgan fingerprint density at radius 3 is 2.75 bits per heavy atom. The fraction of sp³-hybridized carbons (Fsp3) is 1.00. The summed E-state index contributed by atoms with van der Waals surface area (Å²) < 4.78 is 11.3. The van der Waals surface area contributed by atoms with Gasteiger partial charge in [-0.25, -0.2) is 0 Å². The molecule has 2 atom stereocenters. The highest BCUT2D eigenvalue weighted by Gasteiger charge is 2.44. The molecule has 3 heteroatoms. The first kappa shape index (κ1) is 12.3. The van der Waals surface area contributed by atoms with Crippen molar-refractivity contribution in [1.82, 2.24) is 0 Å². The fourth-order valence-corrected chi connectivity index (χ4v) is 2.74. The molecule has 0 amide bonds. The minimum Gasteiger partial charge on any atom is -0.390 e. The summed E-state index contributed by atoms with van der Waals surface area (Å²) >= 11 is 0. The first-order chi connectivity index (χ1) is 7.61. The summed E-state index contributed by atoms with van der Waals surface area (Å²) in [6, 6.07) is 0. The van der Waals surface area contributed by atoms with Crippen molar-refractivity contribution in [1.29, 1.82) is 0 Å². The smallest absolute Gasteiger partial charge is 0.0803 e. The van der Waals surface area contributed by atoms with Gasteiger partial charge in [0.15, 0.2) is 0 Å². The summed E-state index contributed by atoms with van der Waals surface area (Å²) in [7, 11) is 0. The molecule has 2 fully saturated rings. The third kappa shape index (κ3) is 2.76. The summed E-state index contributed by atoms with van der Waals surface area (Å²) in [4.78, 5) is 0. The second kappa shape index (κ2) is 5.03. The Morgan fingerprint density at radius 2 is 2.19 bits per heavy atom. The van der Waals surface area contributed by atoms with Crippen molar-refractivity contribution >= 4 is 0 Å². The van der Waals surface area contributed by atoms with Crippen LogP contribution in [0.5, 0.6) is 0 Å². The maximum absolute atomic E-state index is 10.1. The number of rotatable bonds is 4. The van der Waals surface area contributed by atoms with E-state index in [0.29, 0.717) is 12.5 Å². The maximum atomic E-state index is 10.1. The quantitative estimate of drug-likeness (QED) is 0.801. The molecule has 1 heterocycles. The molecule has 2 aliphatic rings. The second-order valence-electron chi connectivity index (χ2n) is 5.59. The van der Waals surface area contributed by atoms with E-state index >= 15 is 0 Å². The van der Waals surface area contributed by atoms with Crippen molar-refractivity contribution in [3.63, 3.8) is 0 Å². The molecule has 1 spiro atoms. The molecule has 2 rings (SSSR count). The second-order valence-corrected chi connectivity index (χ2v) is 5.59. The summed E-state index contributed by atoms with van der Waals surface area (Å²) in [5.41, 5.74) is 0.127. The summed E-state index contributed by atoms with van der Waals surface area (Å²) in [6.07, 6.45) is 5.53. The molecular weight excluding hydrogens is 204 g/mol. The van der Waals surface area contributed by atoms with E-state index in [9.17, 15) is 5.11 Å². The first-order valence-corrected chi connectivity index (χ1v) is 6.55. The molecule has 1 saturated heterocycles. The minimum absolute atomic E-state index is 0.127. The molecule has 1 N–H and O–H groups in total. The van der Waals surface area contributed by atoms with Crippen LogP contribution in [0.25, 0.3) is 0 Å². The highest BCUT2D eigenvalue weighted by molar-refractivity contribution is 4.95. The van der Waals surface area contributed by atoms with E-state index in [1.165, 1.54) is 19.3 Å². The zero-order valence-electron chi connectivity index (χ0n) is 10.4. The monoisotopic (exact) mass is 228 g/mol. The van der Waals surface area contributed by atoms with Gasteiger partial charge in [-0.2, -0.15) is 0 Å². The number of ether oxygens (including phenoxy) is 2. The van der Waals surface area contributed by atoms with Crippen LogP contribution in [0.4, 0.5) is 0 Å². The van der Waals surface area contributed by atoms with Gasteiger partial charge < -0.3 is 14.6 Å². The summed E-state index contributed by atoms with van der Waals surface area (Å²) in [5, 5.41) is 10.1. The van der Waals surface area contributed by atoms with E-state index < -0.39 is 0 Å². The van der Waals surface area contributed by atoms with E-state index in [2.05, 4.69) is 0 Å². The SMILES string of the molecule is CC(C)OCC(O)C1CCOC2(CCC2)C1. The average molecular weight is 228 g/mol. The van der Waals surface area contributed by atoms with Crippen LogP contribution in [0, 0.1) is 5.92 Å². The molecule has 94 valence electrons. The zero-order chi connectivity index (χ0) is 11.6. The Kier molecular flexibility index (Phi) is 3.88. The molecular formula is C13H24O3. The topological polar surface area (TPSA) is 38.7 Å². The Bertz CT molecular complexity index is 223. The van der Waals surface area contributed by atoms with Crippen molar-refractivity contribution in [2.24, 2.45) is 5.92 Å². The lowest BCUT2D eigenvalue weighted by molar-refractivity contribution is -0.162. The minimum atomic E-state index is -0.316. The third-order valence-electron chi connectivity index (χ3n) is 3.94. The van der Waals surface area contributed by atoms with Gasteiger partial charge in [0.25, 0.3) is 0 Å². The number of aliphatic hydroxyl groups is 1. The van der Waals surface area contributed by atoms with E-state index in [1.54, 1.807) is 0 Å². The van der Waals surface area contributed by atoms with Gasteiger partial charge in [-0.15, -0.1) is 0 Å². The number of aliphatic hydroxyl groups excluding tert-OH is 1. The molecule has 3 nitrogen and oxygen atoms in total. The molecule has 1 aliphatic heterocycles. The van der Waals surface area contributed by atoms with Crippen LogP contribution < -0.4 is 0 Å². The Morgan fingerprint density at radius 1 is 1.44 bits per heavy atom. The van der Waals surface area contributed by atoms with E-state index in [0.717, 1.165) is 19.4 Å². The van der Waals surface area contributed by atoms with Crippen LogP contribution >= 0.6 is 0 Å². The summed E-state index contributed by atoms with van der Waals surface area (Å²) in [6.45, 7) is 5.29. The maximum Gasteiger partial charge on any atom is 0.0803 e. The van der Waals surface area contributed by atoms with Crippen LogP contribution in [0.1, 0.15) is 46.0 Å². The Hall–Kier alpha value is -0.120. The van der Waals surface area contributed by atoms with Gasteiger partial charge in [0, 0.05) is 6.61 Å². The van der Waals surface area contributed by atoms with Gasteiger partial charge in [0.1, 0.15) is 0 Å². The van der Waals surface area contributed by atoms with E-state index in [1.807, 2.05) is 13.8 Å². The first-order valence-electron chi connectivity index (χ1n) is 6.55. The van der Waals surface area contributed by atoms with Gasteiger partial charge in [0.05, 0.1) is 24.4 Å². The van der Waals surface area contributed by atoms with Crippen molar-refractivity contribution < 1.29 is 14.6 Å². The third-order valence-corrected chi connectivity index (χ3v) is 3.94. The lowest BCUT2D eigenvalue weighted by Crippen LogP contribution is -2.48. The molecule has 0 aromatic rings. The molecule has 1 saturated carbocycles. The standard InChI is InChI=1S/C13H24O3/c1-10(2)15-9-12(14)11-4-7-16-13(8-11)5-3-6-13/h10-12,14H,3-9H2,1-2H3. The van der Waals surface area contributed by atoms with E-state index in [4.69, 9.17) is 9.47 Å². The van der Waals surface area contributed by atoms with Gasteiger partial charge in [0.2, 0.25) is 0 Å². The highest BCUT2D eigenvalue weighted by Crippen LogP contribution is 2.44. The van der Waals surface area contributed by atoms with Gasteiger partial charge >= 0.3 is 0 Å². The average Bonchev–Trinajstić information content (AvgIpc) is 2.24. The van der Waals surface area contributed by atoms with Crippen molar-refractivity contribution in [2.45, 2.75) is 63.8 Å². The van der Waals surface area contributed by atoms with Crippen molar-refractivity contribution in [2.75, 3.05) is 13.2 Å². The summed E-state index contributed by atoms with van der Waals surface area (Å²) in [5.74, 6) is 0.368. The normalized spacial score (nSPS) is 30.4. The molecule has 0 radical (unpaired) electrons. The van der Waals surface area contributed by atoms with Crippen LogP contribution in [0.15, 0.2) is 0 Å². The lowest BCUT2D eigenvalue weighted by atomic mass is 9.71. The largest absolute Gasteiger partial charge is 0.390 e. The Balaban J connectivity index is 1.79. The molecule has 2 unspecified atom stereocenters. The number of hydrogen-bond acceptors (Lipinski definition) is 3. The predicted molar refractivity (Wildman–Crippen MR) is 62.4 cm³/mol. The van der Waals surface area contributed by atoms with Crippen molar-refractivity contribution in [3.05, 3.63) is 0 Å². The van der Waals surface area contributed by atoms with Gasteiger partial charge in [-0.3, -0.25) is 0 Å². The molecule has 1 aliphatic carbocycles. The van der Waals surface area contributed by atoms with Crippen LogP contribution in [0.2, 0.25) is 0 Å². The lowest BCUT2D eigenvalue weighted by Gasteiger charge is -2.48. The number of hydrogen-bond donors (Lipinski definition) is 1. The van der Waals surface area contributed by atoms with Crippen molar-refractivity contribution in [3.8, 4) is 0 Å². The van der Waals surface area contributed by atoms with Crippen LogP contribution in [0.3, 0.4) is 0 Å². The molecule has 16 heavy (non-hydrogen) atoms. The van der Waals surface area contributed by atoms with Gasteiger partial charge in [-0.1, -0.05) is 0 Å². The molecule has 0 aromatic heterocycles.